The number of hydrogen-bond acceptors (Lipinski definition) is 7. The molecule has 0 fully saturated rings. The normalized spacial score (nSPS) is 11.0. The highest BCUT2D eigenvalue weighted by Gasteiger charge is 2.15. The summed E-state index contributed by atoms with van der Waals surface area (Å²) in [6.07, 6.45) is 1.48. The van der Waals surface area contributed by atoms with Crippen LogP contribution in [0.4, 0.5) is 4.79 Å². The van der Waals surface area contributed by atoms with Crippen LogP contribution in [0.2, 0.25) is 0 Å². The van der Waals surface area contributed by atoms with E-state index < -0.39 is 11.9 Å². The molecule has 0 atom stereocenters. The van der Waals surface area contributed by atoms with Crippen molar-refractivity contribution in [2.75, 3.05) is 19.5 Å². The minimum Gasteiger partial charge on any atom is -0.385 e. The van der Waals surface area contributed by atoms with Crippen molar-refractivity contribution in [1.29, 1.82) is 0 Å². The second-order valence-electron chi connectivity index (χ2n) is 5.18. The van der Waals surface area contributed by atoms with Crippen LogP contribution < -0.4 is 16.6 Å². The van der Waals surface area contributed by atoms with Gasteiger partial charge in [0.05, 0.1) is 11.1 Å². The van der Waals surface area contributed by atoms with Gasteiger partial charge in [-0.3, -0.25) is 19.5 Å². The first-order valence-electron chi connectivity index (χ1n) is 7.70. The molecule has 0 saturated carbocycles. The predicted molar refractivity (Wildman–Crippen MR) is 98.2 cm³/mol. The van der Waals surface area contributed by atoms with Gasteiger partial charge < -0.3 is 10.5 Å². The number of methoxy groups -OCH3 is 1. The van der Waals surface area contributed by atoms with Crippen molar-refractivity contribution >= 4 is 45.3 Å². The lowest BCUT2D eigenvalue weighted by atomic mass is 10.3. The topological polar surface area (TPSA) is 116 Å². The maximum Gasteiger partial charge on any atom is 0.318 e. The molecule has 0 aliphatic rings. The number of primary amides is 1. The summed E-state index contributed by atoms with van der Waals surface area (Å²) in [7, 11) is 1.60. The van der Waals surface area contributed by atoms with Crippen molar-refractivity contribution in [3.63, 3.8) is 0 Å². The zero-order valence-electron chi connectivity index (χ0n) is 14.0. The number of hydrogen-bond donors (Lipinski definition) is 2. The number of nitrogens with zero attached hydrogens (tertiary/aromatic N) is 2. The number of carbonyl (C=O) groups is 2. The Bertz CT molecular complexity index is 831. The molecule has 2 aromatic rings. The van der Waals surface area contributed by atoms with Gasteiger partial charge in [-0.1, -0.05) is 18.7 Å². The quantitative estimate of drug-likeness (QED) is 0.403. The number of aromatic nitrogens is 2. The standard InChI is InChI=1S/C15H20N4O4S2/c1-3-9-7-10-12(25-9)18-15(24-8-11(20)17-14(16)22)19(13(10)21)5-4-6-23-2/h7H,3-6,8H2,1-2H3,(H3,16,17,20,22). The maximum absolute atomic E-state index is 12.8. The number of imide groups is 1. The molecule has 3 amide bonds. The highest BCUT2D eigenvalue weighted by molar-refractivity contribution is 7.99. The summed E-state index contributed by atoms with van der Waals surface area (Å²) in [5.41, 5.74) is 4.80. The lowest BCUT2D eigenvalue weighted by molar-refractivity contribution is -0.117. The smallest absolute Gasteiger partial charge is 0.318 e. The summed E-state index contributed by atoms with van der Waals surface area (Å²) in [4.78, 5) is 41.4. The van der Waals surface area contributed by atoms with E-state index in [2.05, 4.69) is 4.98 Å². The van der Waals surface area contributed by atoms with Gasteiger partial charge in [-0.25, -0.2) is 9.78 Å². The number of carbonyl (C=O) groups excluding carboxylic acids is 2. The highest BCUT2D eigenvalue weighted by atomic mass is 32.2. The van der Waals surface area contributed by atoms with Crippen LogP contribution in [0.1, 0.15) is 18.2 Å². The number of ether oxygens (including phenoxy) is 1. The first-order valence-corrected chi connectivity index (χ1v) is 9.50. The number of nitrogens with two attached hydrogens (primary N) is 1. The van der Waals surface area contributed by atoms with Gasteiger partial charge in [0.1, 0.15) is 4.83 Å². The molecule has 0 aliphatic heterocycles. The molecule has 2 heterocycles. The van der Waals surface area contributed by atoms with Gasteiger partial charge in [0.25, 0.3) is 5.56 Å². The molecule has 8 nitrogen and oxygen atoms in total. The third-order valence-electron chi connectivity index (χ3n) is 3.34. The number of amides is 3. The molecule has 0 spiro atoms. The first-order chi connectivity index (χ1) is 12.0. The maximum atomic E-state index is 12.8. The molecule has 2 rings (SSSR count). The predicted octanol–water partition coefficient (Wildman–Crippen LogP) is 1.34. The number of thioether (sulfide) groups is 1. The fourth-order valence-corrected chi connectivity index (χ4v) is 4.03. The Morgan fingerprint density at radius 3 is 2.88 bits per heavy atom. The number of nitrogens with one attached hydrogen (secondary N) is 1. The van der Waals surface area contributed by atoms with Gasteiger partial charge in [-0.05, 0) is 18.9 Å². The molecule has 0 bridgehead atoms. The summed E-state index contributed by atoms with van der Waals surface area (Å²) in [5, 5.41) is 3.03. The van der Waals surface area contributed by atoms with Crippen LogP contribution in [0.3, 0.4) is 0 Å². The largest absolute Gasteiger partial charge is 0.385 e. The average Bonchev–Trinajstić information content (AvgIpc) is 2.98. The molecule has 136 valence electrons. The van der Waals surface area contributed by atoms with Crippen molar-refractivity contribution in [1.82, 2.24) is 14.9 Å². The zero-order valence-corrected chi connectivity index (χ0v) is 15.7. The molecular weight excluding hydrogens is 364 g/mol. The molecule has 3 N–H and O–H groups in total. The molecule has 25 heavy (non-hydrogen) atoms. The highest BCUT2D eigenvalue weighted by Crippen LogP contribution is 2.25. The Balaban J connectivity index is 2.33. The van der Waals surface area contributed by atoms with E-state index in [0.717, 1.165) is 23.1 Å². The summed E-state index contributed by atoms with van der Waals surface area (Å²) in [5.74, 6) is -0.590. The number of rotatable bonds is 8. The van der Waals surface area contributed by atoms with E-state index in [1.807, 2.05) is 18.3 Å². The molecular formula is C15H20N4O4S2. The van der Waals surface area contributed by atoms with Crippen LogP contribution in [0, 0.1) is 0 Å². The second kappa shape index (κ2) is 8.97. The van der Waals surface area contributed by atoms with E-state index in [1.165, 1.54) is 11.3 Å². The number of aryl methyl sites for hydroxylation is 1. The molecule has 10 heteroatoms. The first kappa shape index (κ1) is 19.4. The van der Waals surface area contributed by atoms with Gasteiger partial charge in [0.15, 0.2) is 5.16 Å². The summed E-state index contributed by atoms with van der Waals surface area (Å²) in [6.45, 7) is 2.97. The number of fused-ring (bicyclic) bond motifs is 1. The van der Waals surface area contributed by atoms with Crippen LogP contribution in [0.15, 0.2) is 16.0 Å². The second-order valence-corrected chi connectivity index (χ2v) is 7.24. The van der Waals surface area contributed by atoms with Crippen LogP contribution in [0.5, 0.6) is 0 Å². The average molecular weight is 384 g/mol. The van der Waals surface area contributed by atoms with Crippen molar-refractivity contribution < 1.29 is 14.3 Å². The molecule has 0 aliphatic carbocycles. The van der Waals surface area contributed by atoms with Gasteiger partial charge in [-0.15, -0.1) is 11.3 Å². The Kier molecular flexibility index (Phi) is 6.97. The molecule has 0 aromatic carbocycles. The van der Waals surface area contributed by atoms with Crippen molar-refractivity contribution in [3.05, 3.63) is 21.3 Å². The third kappa shape index (κ3) is 5.03. The van der Waals surface area contributed by atoms with E-state index >= 15 is 0 Å². The number of urea groups is 1. The summed E-state index contributed by atoms with van der Waals surface area (Å²) < 4.78 is 6.59. The van der Waals surface area contributed by atoms with E-state index in [-0.39, 0.29) is 11.3 Å². The Morgan fingerprint density at radius 2 is 2.24 bits per heavy atom. The fourth-order valence-electron chi connectivity index (χ4n) is 2.20. The molecule has 0 unspecified atom stereocenters. The van der Waals surface area contributed by atoms with Crippen molar-refractivity contribution in [3.8, 4) is 0 Å². The van der Waals surface area contributed by atoms with Gasteiger partial charge in [-0.2, -0.15) is 0 Å². The fraction of sp³-hybridized carbons (Fsp3) is 0.467. The third-order valence-corrected chi connectivity index (χ3v) is 5.49. The van der Waals surface area contributed by atoms with Crippen LogP contribution in [-0.2, 0) is 22.5 Å². The van der Waals surface area contributed by atoms with Crippen LogP contribution in [0.25, 0.3) is 10.2 Å². The van der Waals surface area contributed by atoms with E-state index in [9.17, 15) is 14.4 Å². The lowest BCUT2D eigenvalue weighted by Crippen LogP contribution is -2.36. The molecule has 0 radical (unpaired) electrons. The van der Waals surface area contributed by atoms with Crippen LogP contribution >= 0.6 is 23.1 Å². The van der Waals surface area contributed by atoms with E-state index in [1.54, 1.807) is 11.7 Å². The van der Waals surface area contributed by atoms with Crippen LogP contribution in [-0.4, -0.2) is 41.0 Å². The Morgan fingerprint density at radius 1 is 1.48 bits per heavy atom. The zero-order chi connectivity index (χ0) is 18.4. The lowest BCUT2D eigenvalue weighted by Gasteiger charge is -2.11. The van der Waals surface area contributed by atoms with Crippen molar-refractivity contribution in [2.24, 2.45) is 5.73 Å². The monoisotopic (exact) mass is 384 g/mol. The Hall–Kier alpha value is -1.91. The Labute approximate surface area is 152 Å². The summed E-state index contributed by atoms with van der Waals surface area (Å²) in [6, 6.07) is 0.966. The summed E-state index contributed by atoms with van der Waals surface area (Å²) >= 11 is 2.57. The molecule has 0 saturated heterocycles. The minimum absolute atomic E-state index is 0.0584. The van der Waals surface area contributed by atoms with Gasteiger partial charge >= 0.3 is 6.03 Å². The van der Waals surface area contributed by atoms with Gasteiger partial charge in [0, 0.05) is 25.1 Å². The minimum atomic E-state index is -0.905. The van der Waals surface area contributed by atoms with Gasteiger partial charge in [0.2, 0.25) is 5.91 Å². The van der Waals surface area contributed by atoms with E-state index in [0.29, 0.717) is 34.9 Å². The molecule has 2 aromatic heterocycles. The van der Waals surface area contributed by atoms with E-state index in [4.69, 9.17) is 10.5 Å². The SMILES string of the molecule is CCc1cc2c(=O)n(CCCOC)c(SCC(=O)NC(N)=O)nc2s1. The van der Waals surface area contributed by atoms with Crippen molar-refractivity contribution in [2.45, 2.75) is 31.5 Å². The number of thiophene rings is 1.